The molecule has 0 aromatic heterocycles. The van der Waals surface area contributed by atoms with E-state index >= 15 is 0 Å². The lowest BCUT2D eigenvalue weighted by molar-refractivity contribution is -0.385. The van der Waals surface area contributed by atoms with E-state index in [0.29, 0.717) is 6.07 Å². The summed E-state index contributed by atoms with van der Waals surface area (Å²) in [5, 5.41) is 9.55. The molecule has 0 saturated carbocycles. The van der Waals surface area contributed by atoms with Crippen molar-refractivity contribution < 1.29 is 22.9 Å². The Bertz CT molecular complexity index is 499. The Balaban J connectivity index is 3.61. The number of ketones is 1. The molecule has 92 valence electrons. The summed E-state index contributed by atoms with van der Waals surface area (Å²) in [7, 11) is 0. The summed E-state index contributed by atoms with van der Waals surface area (Å²) in [5.41, 5.74) is -2.81. The maximum atomic E-state index is 12.4. The maximum Gasteiger partial charge on any atom is 0.418 e. The molecule has 4 nitrogen and oxygen atoms in total. The number of rotatable bonds is 2. The topological polar surface area (TPSA) is 60.2 Å². The first-order chi connectivity index (χ1) is 7.66. The zero-order valence-electron chi connectivity index (χ0n) is 8.34. The minimum absolute atomic E-state index is 0.451. The highest BCUT2D eigenvalue weighted by Crippen LogP contribution is 2.40. The van der Waals surface area contributed by atoms with Gasteiger partial charge < -0.3 is 0 Å². The molecule has 0 aliphatic rings. The summed E-state index contributed by atoms with van der Waals surface area (Å²) in [4.78, 5) is 20.6. The molecule has 0 spiro atoms. The van der Waals surface area contributed by atoms with E-state index in [1.165, 1.54) is 0 Å². The van der Waals surface area contributed by atoms with Gasteiger partial charge in [-0.2, -0.15) is 13.2 Å². The highest BCUT2D eigenvalue weighted by molar-refractivity contribution is 6.34. The lowest BCUT2D eigenvalue weighted by Crippen LogP contribution is -2.10. The molecule has 0 unspecified atom stereocenters. The number of hydrogen-bond acceptors (Lipinski definition) is 3. The van der Waals surface area contributed by atoms with Crippen molar-refractivity contribution in [1.82, 2.24) is 0 Å². The van der Waals surface area contributed by atoms with Crippen LogP contribution in [-0.4, -0.2) is 10.7 Å². The van der Waals surface area contributed by atoms with Gasteiger partial charge in [-0.3, -0.25) is 14.9 Å². The average molecular weight is 268 g/mol. The van der Waals surface area contributed by atoms with Crippen LogP contribution in [0, 0.1) is 10.1 Å². The largest absolute Gasteiger partial charge is 0.418 e. The number of Topliss-reactive ketones (excluding diaryl/α,β-unsaturated/α-hetero) is 1. The van der Waals surface area contributed by atoms with Crippen LogP contribution in [0.3, 0.4) is 0 Å². The van der Waals surface area contributed by atoms with Crippen molar-refractivity contribution in [3.05, 3.63) is 38.4 Å². The van der Waals surface area contributed by atoms with E-state index in [1.807, 2.05) is 0 Å². The fraction of sp³-hybridized carbons (Fsp3) is 0.222. The Kier molecular flexibility index (Phi) is 3.42. The Hall–Kier alpha value is -1.63. The Labute approximate surface area is 98.1 Å². The van der Waals surface area contributed by atoms with Crippen LogP contribution in [0.5, 0.6) is 0 Å². The van der Waals surface area contributed by atoms with Crippen LogP contribution in [0.15, 0.2) is 12.1 Å². The van der Waals surface area contributed by atoms with Crippen LogP contribution in [0.4, 0.5) is 18.9 Å². The molecule has 0 bridgehead atoms. The summed E-state index contributed by atoms with van der Waals surface area (Å²) in [6.07, 6.45) is -4.81. The van der Waals surface area contributed by atoms with E-state index in [4.69, 9.17) is 11.6 Å². The van der Waals surface area contributed by atoms with Crippen LogP contribution in [0.1, 0.15) is 22.8 Å². The second-order valence-corrected chi connectivity index (χ2v) is 3.51. The zero-order valence-corrected chi connectivity index (χ0v) is 9.09. The number of carbonyl (C=O) groups excluding carboxylic acids is 1. The van der Waals surface area contributed by atoms with Gasteiger partial charge in [0.05, 0.1) is 16.1 Å². The van der Waals surface area contributed by atoms with E-state index in [1.54, 1.807) is 0 Å². The highest BCUT2D eigenvalue weighted by Gasteiger charge is 2.38. The standard InChI is InChI=1S/C9H5ClF3NO3/c1-4(15)5-2-3-6(9(11,12)13)7(10)8(5)14(16)17/h2-3H,1H3. The van der Waals surface area contributed by atoms with Crippen molar-refractivity contribution in [2.45, 2.75) is 13.1 Å². The zero-order chi connectivity index (χ0) is 13.4. The van der Waals surface area contributed by atoms with E-state index in [9.17, 15) is 28.1 Å². The van der Waals surface area contributed by atoms with Gasteiger partial charge in [0, 0.05) is 0 Å². The third-order valence-corrected chi connectivity index (χ3v) is 2.37. The highest BCUT2D eigenvalue weighted by atomic mass is 35.5. The molecule has 0 aliphatic carbocycles. The molecule has 0 radical (unpaired) electrons. The normalized spacial score (nSPS) is 11.4. The van der Waals surface area contributed by atoms with Crippen LogP contribution < -0.4 is 0 Å². The van der Waals surface area contributed by atoms with E-state index in [2.05, 4.69) is 0 Å². The monoisotopic (exact) mass is 267 g/mol. The number of nitro groups is 1. The second-order valence-electron chi connectivity index (χ2n) is 3.13. The first kappa shape index (κ1) is 13.4. The fourth-order valence-electron chi connectivity index (χ4n) is 1.25. The van der Waals surface area contributed by atoms with Crippen molar-refractivity contribution in [3.8, 4) is 0 Å². The molecule has 8 heteroatoms. The van der Waals surface area contributed by atoms with Crippen LogP contribution in [-0.2, 0) is 6.18 Å². The molecule has 1 aromatic carbocycles. The van der Waals surface area contributed by atoms with Gasteiger partial charge in [-0.05, 0) is 19.1 Å². The number of halogens is 4. The number of nitrogens with zero attached hydrogens (tertiary/aromatic N) is 1. The molecule has 0 aliphatic heterocycles. The molecular formula is C9H5ClF3NO3. The minimum atomic E-state index is -4.81. The summed E-state index contributed by atoms with van der Waals surface area (Å²) >= 11 is 5.32. The molecule has 17 heavy (non-hydrogen) atoms. The molecule has 0 atom stereocenters. The lowest BCUT2D eigenvalue weighted by atomic mass is 10.1. The predicted molar refractivity (Wildman–Crippen MR) is 53.1 cm³/mol. The number of nitro benzene ring substituents is 1. The van der Waals surface area contributed by atoms with Gasteiger partial charge in [0.2, 0.25) is 0 Å². The number of benzene rings is 1. The van der Waals surface area contributed by atoms with Crippen molar-refractivity contribution in [1.29, 1.82) is 0 Å². The third kappa shape index (κ3) is 2.55. The Morgan fingerprint density at radius 2 is 1.94 bits per heavy atom. The summed E-state index contributed by atoms with van der Waals surface area (Å²) in [5.74, 6) is -0.729. The molecule has 1 aromatic rings. The van der Waals surface area contributed by atoms with Gasteiger partial charge >= 0.3 is 6.18 Å². The van der Waals surface area contributed by atoms with Crippen molar-refractivity contribution in [3.63, 3.8) is 0 Å². The molecule has 0 N–H and O–H groups in total. The Morgan fingerprint density at radius 1 is 1.41 bits per heavy atom. The maximum absolute atomic E-state index is 12.4. The molecule has 0 heterocycles. The summed E-state index contributed by atoms with van der Waals surface area (Å²) < 4.78 is 37.3. The van der Waals surface area contributed by atoms with Gasteiger partial charge in [0.1, 0.15) is 5.02 Å². The molecule has 0 amide bonds. The van der Waals surface area contributed by atoms with Crippen LogP contribution in [0.2, 0.25) is 5.02 Å². The number of carbonyl (C=O) groups is 1. The molecule has 1 rings (SSSR count). The van der Waals surface area contributed by atoms with Gasteiger partial charge in [0.25, 0.3) is 5.69 Å². The second kappa shape index (κ2) is 4.33. The molecular weight excluding hydrogens is 263 g/mol. The van der Waals surface area contributed by atoms with Crippen LogP contribution >= 0.6 is 11.6 Å². The molecule has 0 saturated heterocycles. The minimum Gasteiger partial charge on any atom is -0.294 e. The number of hydrogen-bond donors (Lipinski definition) is 0. The van der Waals surface area contributed by atoms with Crippen molar-refractivity contribution in [2.75, 3.05) is 0 Å². The first-order valence-corrected chi connectivity index (χ1v) is 4.59. The van der Waals surface area contributed by atoms with Crippen molar-refractivity contribution in [2.24, 2.45) is 0 Å². The van der Waals surface area contributed by atoms with Gasteiger partial charge in [-0.15, -0.1) is 0 Å². The quantitative estimate of drug-likeness (QED) is 0.468. The Morgan fingerprint density at radius 3 is 2.29 bits per heavy atom. The number of alkyl halides is 3. The predicted octanol–water partition coefficient (Wildman–Crippen LogP) is 3.47. The van der Waals surface area contributed by atoms with E-state index < -0.39 is 38.7 Å². The van der Waals surface area contributed by atoms with E-state index in [-0.39, 0.29) is 0 Å². The summed E-state index contributed by atoms with van der Waals surface area (Å²) in [6.45, 7) is 1.01. The lowest BCUT2D eigenvalue weighted by Gasteiger charge is -2.10. The van der Waals surface area contributed by atoms with Crippen molar-refractivity contribution >= 4 is 23.1 Å². The van der Waals surface area contributed by atoms with Gasteiger partial charge in [-0.25, -0.2) is 0 Å². The van der Waals surface area contributed by atoms with Gasteiger partial charge in [0.15, 0.2) is 5.78 Å². The summed E-state index contributed by atoms with van der Waals surface area (Å²) in [6, 6.07) is 1.29. The van der Waals surface area contributed by atoms with E-state index in [0.717, 1.165) is 13.0 Å². The first-order valence-electron chi connectivity index (χ1n) is 4.21. The smallest absolute Gasteiger partial charge is 0.294 e. The molecule has 0 fully saturated rings. The van der Waals surface area contributed by atoms with Crippen LogP contribution in [0.25, 0.3) is 0 Å². The fourth-order valence-corrected chi connectivity index (χ4v) is 1.59. The van der Waals surface area contributed by atoms with Gasteiger partial charge in [-0.1, -0.05) is 11.6 Å². The average Bonchev–Trinajstić information content (AvgIpc) is 2.13. The SMILES string of the molecule is CC(=O)c1ccc(C(F)(F)F)c(Cl)c1[N+](=O)[O-]. The third-order valence-electron chi connectivity index (χ3n) is 1.98.